The van der Waals surface area contributed by atoms with Crippen molar-refractivity contribution in [3.05, 3.63) is 0 Å². The average molecular weight is 225 g/mol. The zero-order valence-corrected chi connectivity index (χ0v) is 11.6. The van der Waals surface area contributed by atoms with Crippen LogP contribution in [0.2, 0.25) is 0 Å². The van der Waals surface area contributed by atoms with Crippen LogP contribution >= 0.6 is 0 Å². The molecular formula is C14H27NO. The van der Waals surface area contributed by atoms with Gasteiger partial charge in [0.2, 0.25) is 0 Å². The molecule has 1 heterocycles. The molecule has 0 aromatic carbocycles. The second kappa shape index (κ2) is 4.87. The van der Waals surface area contributed by atoms with Gasteiger partial charge in [0, 0.05) is 5.41 Å². The predicted molar refractivity (Wildman–Crippen MR) is 68.6 cm³/mol. The zero-order valence-electron chi connectivity index (χ0n) is 11.6. The third-order valence-electron chi connectivity index (χ3n) is 3.99. The summed E-state index contributed by atoms with van der Waals surface area (Å²) in [7, 11) is 0. The van der Waals surface area contributed by atoms with Crippen LogP contribution in [0.25, 0.3) is 0 Å². The van der Waals surface area contributed by atoms with E-state index in [1.54, 1.807) is 0 Å². The second-order valence-electron chi connectivity index (χ2n) is 6.01. The molecule has 16 heavy (non-hydrogen) atoms. The van der Waals surface area contributed by atoms with E-state index in [9.17, 15) is 4.79 Å². The lowest BCUT2D eigenvalue weighted by Gasteiger charge is -2.43. The Morgan fingerprint density at radius 2 is 1.50 bits per heavy atom. The first-order valence-electron chi connectivity index (χ1n) is 6.68. The number of rotatable bonds is 4. The van der Waals surface area contributed by atoms with Crippen molar-refractivity contribution in [3.8, 4) is 0 Å². The summed E-state index contributed by atoms with van der Waals surface area (Å²) in [5.41, 5.74) is -0.427. The minimum absolute atomic E-state index is 0.200. The molecule has 1 aliphatic heterocycles. The van der Waals surface area contributed by atoms with Crippen molar-refractivity contribution in [3.63, 3.8) is 0 Å². The first kappa shape index (κ1) is 13.7. The van der Waals surface area contributed by atoms with Crippen molar-refractivity contribution in [2.75, 3.05) is 13.1 Å². The van der Waals surface area contributed by atoms with Gasteiger partial charge in [-0.3, -0.25) is 9.69 Å². The van der Waals surface area contributed by atoms with Gasteiger partial charge in [-0.15, -0.1) is 0 Å². The number of hydrogen-bond donors (Lipinski definition) is 0. The minimum atomic E-state index is -0.228. The first-order chi connectivity index (χ1) is 7.38. The van der Waals surface area contributed by atoms with Gasteiger partial charge in [0.1, 0.15) is 0 Å². The van der Waals surface area contributed by atoms with Crippen molar-refractivity contribution >= 4 is 5.78 Å². The van der Waals surface area contributed by atoms with Crippen LogP contribution in [0.3, 0.4) is 0 Å². The van der Waals surface area contributed by atoms with E-state index in [1.165, 1.54) is 12.8 Å². The fourth-order valence-corrected chi connectivity index (χ4v) is 3.01. The largest absolute Gasteiger partial charge is 0.297 e. The summed E-state index contributed by atoms with van der Waals surface area (Å²) in [4.78, 5) is 15.1. The SMILES string of the molecule is CCC(CC)(C(=O)C(C)(C)C)N1CCCC1. The van der Waals surface area contributed by atoms with Gasteiger partial charge in [0.05, 0.1) is 5.54 Å². The van der Waals surface area contributed by atoms with Gasteiger partial charge in [-0.05, 0) is 38.8 Å². The molecule has 0 atom stereocenters. The topological polar surface area (TPSA) is 20.3 Å². The molecule has 2 nitrogen and oxygen atoms in total. The van der Waals surface area contributed by atoms with E-state index in [-0.39, 0.29) is 11.0 Å². The number of likely N-dealkylation sites (tertiary alicyclic amines) is 1. The van der Waals surface area contributed by atoms with Crippen molar-refractivity contribution in [1.82, 2.24) is 4.90 Å². The molecule has 1 aliphatic rings. The molecule has 0 radical (unpaired) electrons. The molecule has 0 aliphatic carbocycles. The zero-order chi connectivity index (χ0) is 12.4. The quantitative estimate of drug-likeness (QED) is 0.732. The normalized spacial score (nSPS) is 19.1. The predicted octanol–water partition coefficient (Wildman–Crippen LogP) is 3.26. The maximum absolute atomic E-state index is 12.7. The molecule has 0 amide bonds. The summed E-state index contributed by atoms with van der Waals surface area (Å²) in [5, 5.41) is 0. The Balaban J connectivity index is 2.99. The number of carbonyl (C=O) groups excluding carboxylic acids is 1. The summed E-state index contributed by atoms with van der Waals surface area (Å²) in [6, 6.07) is 0. The monoisotopic (exact) mass is 225 g/mol. The highest BCUT2D eigenvalue weighted by atomic mass is 16.1. The number of hydrogen-bond acceptors (Lipinski definition) is 2. The summed E-state index contributed by atoms with van der Waals surface area (Å²) in [5.74, 6) is 0.423. The number of nitrogens with zero attached hydrogens (tertiary/aromatic N) is 1. The smallest absolute Gasteiger partial charge is 0.158 e. The van der Waals surface area contributed by atoms with Crippen molar-refractivity contribution < 1.29 is 4.79 Å². The van der Waals surface area contributed by atoms with Crippen LogP contribution in [-0.4, -0.2) is 29.3 Å². The molecule has 0 bridgehead atoms. The Labute approximate surface area is 100 Å². The van der Waals surface area contributed by atoms with Crippen LogP contribution in [0.15, 0.2) is 0 Å². The van der Waals surface area contributed by atoms with Gasteiger partial charge < -0.3 is 0 Å². The lowest BCUT2D eigenvalue weighted by Crippen LogP contribution is -2.56. The highest BCUT2D eigenvalue weighted by Crippen LogP contribution is 2.35. The van der Waals surface area contributed by atoms with Crippen LogP contribution in [0.1, 0.15) is 60.3 Å². The maximum atomic E-state index is 12.7. The van der Waals surface area contributed by atoms with Crippen molar-refractivity contribution in [1.29, 1.82) is 0 Å². The Morgan fingerprint density at radius 3 is 1.81 bits per heavy atom. The minimum Gasteiger partial charge on any atom is -0.297 e. The fraction of sp³-hybridized carbons (Fsp3) is 0.929. The third kappa shape index (κ3) is 2.32. The highest BCUT2D eigenvalue weighted by Gasteiger charge is 2.45. The molecule has 0 N–H and O–H groups in total. The molecule has 2 heteroatoms. The van der Waals surface area contributed by atoms with Crippen LogP contribution in [0.4, 0.5) is 0 Å². The molecule has 0 aromatic heterocycles. The summed E-state index contributed by atoms with van der Waals surface area (Å²) in [6.07, 6.45) is 4.39. The summed E-state index contributed by atoms with van der Waals surface area (Å²) >= 11 is 0. The molecule has 1 rings (SSSR count). The van der Waals surface area contributed by atoms with Crippen LogP contribution in [0, 0.1) is 5.41 Å². The van der Waals surface area contributed by atoms with Gasteiger partial charge in [-0.2, -0.15) is 0 Å². The van der Waals surface area contributed by atoms with E-state index in [0.717, 1.165) is 25.9 Å². The molecule has 0 aromatic rings. The Morgan fingerprint density at radius 1 is 1.06 bits per heavy atom. The molecule has 1 fully saturated rings. The molecule has 94 valence electrons. The standard InChI is InChI=1S/C14H27NO/c1-6-14(7-2,12(16)13(3,4)5)15-10-8-9-11-15/h6-11H2,1-5H3. The molecule has 1 saturated heterocycles. The lowest BCUT2D eigenvalue weighted by molar-refractivity contribution is -0.139. The summed E-state index contributed by atoms with van der Waals surface area (Å²) < 4.78 is 0. The van der Waals surface area contributed by atoms with Gasteiger partial charge in [0.15, 0.2) is 5.78 Å². The van der Waals surface area contributed by atoms with Gasteiger partial charge in [-0.25, -0.2) is 0 Å². The number of carbonyl (C=O) groups is 1. The van der Waals surface area contributed by atoms with Crippen LogP contribution < -0.4 is 0 Å². The van der Waals surface area contributed by atoms with Crippen LogP contribution in [0.5, 0.6) is 0 Å². The maximum Gasteiger partial charge on any atom is 0.158 e. The Bertz CT molecular complexity index is 242. The number of ketones is 1. The van der Waals surface area contributed by atoms with E-state index in [2.05, 4.69) is 18.7 Å². The summed E-state index contributed by atoms with van der Waals surface area (Å²) in [6.45, 7) is 12.7. The van der Waals surface area contributed by atoms with Gasteiger partial charge in [-0.1, -0.05) is 34.6 Å². The molecule has 0 spiro atoms. The van der Waals surface area contributed by atoms with Crippen LogP contribution in [-0.2, 0) is 4.79 Å². The van der Waals surface area contributed by atoms with Gasteiger partial charge in [0.25, 0.3) is 0 Å². The van der Waals surface area contributed by atoms with E-state index in [0.29, 0.717) is 5.78 Å². The Hall–Kier alpha value is -0.370. The van der Waals surface area contributed by atoms with Gasteiger partial charge >= 0.3 is 0 Å². The van der Waals surface area contributed by atoms with Crippen molar-refractivity contribution in [2.24, 2.45) is 5.41 Å². The van der Waals surface area contributed by atoms with E-state index in [4.69, 9.17) is 0 Å². The van der Waals surface area contributed by atoms with Crippen molar-refractivity contribution in [2.45, 2.75) is 65.8 Å². The number of Topliss-reactive ketones (excluding diaryl/α,β-unsaturated/α-hetero) is 1. The molecule has 0 unspecified atom stereocenters. The first-order valence-corrected chi connectivity index (χ1v) is 6.68. The average Bonchev–Trinajstić information content (AvgIpc) is 2.73. The lowest BCUT2D eigenvalue weighted by atomic mass is 9.74. The second-order valence-corrected chi connectivity index (χ2v) is 6.01. The van der Waals surface area contributed by atoms with E-state index >= 15 is 0 Å². The van der Waals surface area contributed by atoms with E-state index in [1.807, 2.05) is 20.8 Å². The third-order valence-corrected chi connectivity index (χ3v) is 3.99. The molecule has 0 saturated carbocycles. The fourth-order valence-electron chi connectivity index (χ4n) is 3.01. The molecular weight excluding hydrogens is 198 g/mol. The Kier molecular flexibility index (Phi) is 4.17. The highest BCUT2D eigenvalue weighted by molar-refractivity contribution is 5.92. The van der Waals surface area contributed by atoms with E-state index < -0.39 is 0 Å².